The number of nitrogens with zero attached hydrogens (tertiary/aromatic N) is 1. The van der Waals surface area contributed by atoms with Crippen LogP contribution in [0.3, 0.4) is 0 Å². The van der Waals surface area contributed by atoms with Gasteiger partial charge in [0.15, 0.2) is 0 Å². The fourth-order valence-corrected chi connectivity index (χ4v) is 1.70. The first-order valence-electron chi connectivity index (χ1n) is 5.11. The number of hydrogen-bond acceptors (Lipinski definition) is 3. The molecule has 4 nitrogen and oxygen atoms in total. The second kappa shape index (κ2) is 3.70. The molecule has 0 unspecified atom stereocenters. The molecule has 0 atom stereocenters. The molecule has 0 aliphatic heterocycles. The van der Waals surface area contributed by atoms with Crippen LogP contribution in [0, 0.1) is 6.92 Å². The van der Waals surface area contributed by atoms with Crippen LogP contribution in [0.1, 0.15) is 34.7 Å². The third-order valence-electron chi connectivity index (χ3n) is 2.82. The van der Waals surface area contributed by atoms with Crippen molar-refractivity contribution >= 4 is 5.97 Å². The molecule has 1 fully saturated rings. The lowest BCUT2D eigenvalue weighted by atomic mass is 10.2. The van der Waals surface area contributed by atoms with E-state index in [-0.39, 0.29) is 5.76 Å². The molecule has 0 spiro atoms. The summed E-state index contributed by atoms with van der Waals surface area (Å²) in [5.41, 5.74) is 0.974. The summed E-state index contributed by atoms with van der Waals surface area (Å²) in [6, 6.07) is 2.30. The second-order valence-electron chi connectivity index (χ2n) is 4.14. The van der Waals surface area contributed by atoms with Crippen molar-refractivity contribution in [2.45, 2.75) is 32.4 Å². The van der Waals surface area contributed by atoms with E-state index >= 15 is 0 Å². The van der Waals surface area contributed by atoms with Crippen LogP contribution in [0.4, 0.5) is 0 Å². The van der Waals surface area contributed by atoms with Gasteiger partial charge in [0.25, 0.3) is 0 Å². The van der Waals surface area contributed by atoms with Crippen molar-refractivity contribution in [3.63, 3.8) is 0 Å². The third kappa shape index (κ3) is 2.21. The number of rotatable bonds is 4. The van der Waals surface area contributed by atoms with E-state index in [9.17, 15) is 4.79 Å². The van der Waals surface area contributed by atoms with Crippen molar-refractivity contribution in [2.75, 3.05) is 7.05 Å². The third-order valence-corrected chi connectivity index (χ3v) is 2.82. The number of carboxylic acids is 1. The Kier molecular flexibility index (Phi) is 2.52. The molecule has 1 aliphatic carbocycles. The Morgan fingerprint density at radius 1 is 1.67 bits per heavy atom. The first-order valence-corrected chi connectivity index (χ1v) is 5.11. The van der Waals surface area contributed by atoms with Crippen molar-refractivity contribution in [1.29, 1.82) is 0 Å². The van der Waals surface area contributed by atoms with Gasteiger partial charge < -0.3 is 9.52 Å². The summed E-state index contributed by atoms with van der Waals surface area (Å²) in [5, 5.41) is 8.77. The number of hydrogen-bond donors (Lipinski definition) is 1. The molecule has 0 aromatic carbocycles. The molecule has 82 valence electrons. The van der Waals surface area contributed by atoms with Crippen molar-refractivity contribution in [1.82, 2.24) is 4.90 Å². The topological polar surface area (TPSA) is 53.7 Å². The van der Waals surface area contributed by atoms with Gasteiger partial charge in [0.1, 0.15) is 5.76 Å². The molecule has 4 heteroatoms. The molecule has 1 saturated carbocycles. The Morgan fingerprint density at radius 2 is 2.33 bits per heavy atom. The molecule has 1 heterocycles. The first kappa shape index (κ1) is 10.2. The van der Waals surface area contributed by atoms with Crippen LogP contribution < -0.4 is 0 Å². The summed E-state index contributed by atoms with van der Waals surface area (Å²) in [7, 11) is 2.06. The number of aromatic carboxylic acids is 1. The van der Waals surface area contributed by atoms with E-state index in [4.69, 9.17) is 9.52 Å². The predicted octanol–water partition coefficient (Wildman–Crippen LogP) is 1.88. The van der Waals surface area contributed by atoms with E-state index in [0.717, 1.165) is 12.1 Å². The van der Waals surface area contributed by atoms with Crippen molar-refractivity contribution in [2.24, 2.45) is 0 Å². The van der Waals surface area contributed by atoms with Gasteiger partial charge in [-0.1, -0.05) is 0 Å². The Hall–Kier alpha value is -1.29. The first-order chi connectivity index (χ1) is 7.08. The van der Waals surface area contributed by atoms with Crippen LogP contribution in [0.25, 0.3) is 0 Å². The molecular formula is C11H15NO3. The highest BCUT2D eigenvalue weighted by Gasteiger charge is 2.27. The summed E-state index contributed by atoms with van der Waals surface area (Å²) in [6.07, 6.45) is 2.50. The fraction of sp³-hybridized carbons (Fsp3) is 0.545. The fourth-order valence-electron chi connectivity index (χ4n) is 1.70. The molecule has 0 saturated heterocycles. The quantitative estimate of drug-likeness (QED) is 0.822. The highest BCUT2D eigenvalue weighted by atomic mass is 16.4. The SMILES string of the molecule is Cc1oc(C(=O)O)cc1CN(C)C1CC1. The highest BCUT2D eigenvalue weighted by molar-refractivity contribution is 5.84. The van der Waals surface area contributed by atoms with E-state index in [0.29, 0.717) is 11.8 Å². The average Bonchev–Trinajstić information content (AvgIpc) is 2.93. The van der Waals surface area contributed by atoms with Gasteiger partial charge in [-0.25, -0.2) is 4.79 Å². The van der Waals surface area contributed by atoms with E-state index in [2.05, 4.69) is 11.9 Å². The maximum Gasteiger partial charge on any atom is 0.371 e. The zero-order valence-electron chi connectivity index (χ0n) is 8.99. The number of furan rings is 1. The van der Waals surface area contributed by atoms with Gasteiger partial charge in [0.05, 0.1) is 0 Å². The highest BCUT2D eigenvalue weighted by Crippen LogP contribution is 2.27. The van der Waals surface area contributed by atoms with Crippen LogP contribution in [0.2, 0.25) is 0 Å². The minimum Gasteiger partial charge on any atom is -0.475 e. The smallest absolute Gasteiger partial charge is 0.371 e. The largest absolute Gasteiger partial charge is 0.475 e. The lowest BCUT2D eigenvalue weighted by Gasteiger charge is -2.14. The van der Waals surface area contributed by atoms with Crippen LogP contribution in [-0.2, 0) is 6.54 Å². The van der Waals surface area contributed by atoms with Crippen LogP contribution in [0.5, 0.6) is 0 Å². The van der Waals surface area contributed by atoms with E-state index < -0.39 is 5.97 Å². The van der Waals surface area contributed by atoms with Gasteiger partial charge >= 0.3 is 5.97 Å². The standard InChI is InChI=1S/C11H15NO3/c1-7-8(5-10(15-7)11(13)14)6-12(2)9-3-4-9/h5,9H,3-4,6H2,1-2H3,(H,13,14). The molecule has 0 amide bonds. The summed E-state index contributed by atoms with van der Waals surface area (Å²) in [6.45, 7) is 2.58. The Labute approximate surface area is 88.5 Å². The minimum absolute atomic E-state index is 0.0340. The maximum absolute atomic E-state index is 10.7. The summed E-state index contributed by atoms with van der Waals surface area (Å²) in [4.78, 5) is 12.9. The zero-order chi connectivity index (χ0) is 11.0. The van der Waals surface area contributed by atoms with E-state index in [1.807, 2.05) is 6.92 Å². The maximum atomic E-state index is 10.7. The summed E-state index contributed by atoms with van der Waals surface area (Å²) >= 11 is 0. The Balaban J connectivity index is 2.09. The van der Waals surface area contributed by atoms with E-state index in [1.54, 1.807) is 6.07 Å². The normalized spacial score (nSPS) is 15.9. The molecule has 0 bridgehead atoms. The molecule has 2 rings (SSSR count). The lowest BCUT2D eigenvalue weighted by molar-refractivity contribution is 0.0661. The molecule has 1 aromatic rings. The van der Waals surface area contributed by atoms with Crippen molar-refractivity contribution < 1.29 is 14.3 Å². The monoisotopic (exact) mass is 209 g/mol. The molecule has 1 N–H and O–H groups in total. The van der Waals surface area contributed by atoms with Crippen LogP contribution >= 0.6 is 0 Å². The average molecular weight is 209 g/mol. The molecule has 1 aromatic heterocycles. The van der Waals surface area contributed by atoms with Crippen molar-refractivity contribution in [3.8, 4) is 0 Å². The molecule has 1 aliphatic rings. The number of carbonyl (C=O) groups is 1. The predicted molar refractivity (Wildman–Crippen MR) is 54.9 cm³/mol. The number of aryl methyl sites for hydroxylation is 1. The molecule has 15 heavy (non-hydrogen) atoms. The van der Waals surface area contributed by atoms with Crippen molar-refractivity contribution in [3.05, 3.63) is 23.2 Å². The molecular weight excluding hydrogens is 194 g/mol. The minimum atomic E-state index is -1.00. The number of carboxylic acid groups (broad SMARTS) is 1. The Morgan fingerprint density at radius 3 is 2.80 bits per heavy atom. The lowest BCUT2D eigenvalue weighted by Crippen LogP contribution is -2.19. The van der Waals surface area contributed by atoms with E-state index in [1.165, 1.54) is 12.8 Å². The van der Waals surface area contributed by atoms with Gasteiger partial charge in [-0.15, -0.1) is 0 Å². The van der Waals surface area contributed by atoms with Gasteiger partial charge in [0, 0.05) is 18.2 Å². The van der Waals surface area contributed by atoms with Crippen LogP contribution in [0.15, 0.2) is 10.5 Å². The van der Waals surface area contributed by atoms with Gasteiger partial charge in [-0.05, 0) is 32.9 Å². The second-order valence-corrected chi connectivity index (χ2v) is 4.14. The summed E-state index contributed by atoms with van der Waals surface area (Å²) < 4.78 is 5.15. The van der Waals surface area contributed by atoms with Gasteiger partial charge in [-0.3, -0.25) is 4.90 Å². The van der Waals surface area contributed by atoms with Gasteiger partial charge in [-0.2, -0.15) is 0 Å². The molecule has 0 radical (unpaired) electrons. The van der Waals surface area contributed by atoms with Crippen LogP contribution in [-0.4, -0.2) is 29.1 Å². The zero-order valence-corrected chi connectivity index (χ0v) is 8.99. The van der Waals surface area contributed by atoms with Gasteiger partial charge in [0.2, 0.25) is 5.76 Å². The summed E-state index contributed by atoms with van der Waals surface area (Å²) in [5.74, 6) is -0.259. The Bertz CT molecular complexity index is 379.